The lowest BCUT2D eigenvalue weighted by molar-refractivity contribution is 0.163. The number of pyridine rings is 1. The summed E-state index contributed by atoms with van der Waals surface area (Å²) in [5.74, 6) is 0.710. The molecule has 0 amide bonds. The Bertz CT molecular complexity index is 839. The number of piperidine rings is 1. The normalized spacial score (nSPS) is 18.6. The van der Waals surface area contributed by atoms with Crippen molar-refractivity contribution >= 4 is 30.6 Å². The number of aryl methyl sites for hydroxylation is 1. The highest BCUT2D eigenvalue weighted by molar-refractivity contribution is 5.85. The summed E-state index contributed by atoms with van der Waals surface area (Å²) in [6.45, 7) is 8.86. The average molecular weight is 450 g/mol. The largest absolute Gasteiger partial charge is 0.352 e. The SMILES string of the molecule is Cc1ccc(C2(CN3CCN(c4nccnc4C#N)CC3)CCNCC2)nc1.Cl.Cl. The molecule has 7 nitrogen and oxygen atoms in total. The molecule has 2 aromatic heterocycles. The van der Waals surface area contributed by atoms with Crippen molar-refractivity contribution in [3.05, 3.63) is 47.7 Å². The summed E-state index contributed by atoms with van der Waals surface area (Å²) in [4.78, 5) is 18.1. The minimum atomic E-state index is 0. The molecule has 0 radical (unpaired) electrons. The summed E-state index contributed by atoms with van der Waals surface area (Å²) in [6.07, 6.45) is 7.47. The summed E-state index contributed by atoms with van der Waals surface area (Å²) in [7, 11) is 0. The first kappa shape index (κ1) is 24.3. The van der Waals surface area contributed by atoms with Gasteiger partial charge in [0.15, 0.2) is 11.5 Å². The molecule has 2 fully saturated rings. The van der Waals surface area contributed by atoms with Crippen molar-refractivity contribution in [1.82, 2.24) is 25.2 Å². The second-order valence-electron chi connectivity index (χ2n) is 7.85. The molecule has 4 heterocycles. The molecule has 0 saturated carbocycles. The van der Waals surface area contributed by atoms with E-state index in [1.165, 1.54) is 11.3 Å². The van der Waals surface area contributed by atoms with Crippen LogP contribution in [0.25, 0.3) is 0 Å². The lowest BCUT2D eigenvalue weighted by atomic mass is 9.75. The molecule has 0 bridgehead atoms. The average Bonchev–Trinajstić information content (AvgIpc) is 2.75. The Morgan fingerprint density at radius 3 is 2.37 bits per heavy atom. The van der Waals surface area contributed by atoms with Crippen LogP contribution < -0.4 is 10.2 Å². The molecule has 0 atom stereocenters. The number of hydrogen-bond donors (Lipinski definition) is 1. The summed E-state index contributed by atoms with van der Waals surface area (Å²) >= 11 is 0. The van der Waals surface area contributed by atoms with E-state index in [-0.39, 0.29) is 30.2 Å². The molecular formula is C21H29Cl2N7. The van der Waals surface area contributed by atoms with Gasteiger partial charge in [0.2, 0.25) is 0 Å². The zero-order chi connectivity index (χ0) is 19.4. The zero-order valence-electron chi connectivity index (χ0n) is 17.3. The minimum absolute atomic E-state index is 0. The number of anilines is 1. The van der Waals surface area contributed by atoms with E-state index in [4.69, 9.17) is 4.98 Å². The molecular weight excluding hydrogens is 421 g/mol. The summed E-state index contributed by atoms with van der Waals surface area (Å²) in [6, 6.07) is 6.56. The predicted molar refractivity (Wildman–Crippen MR) is 123 cm³/mol. The van der Waals surface area contributed by atoms with Crippen molar-refractivity contribution in [3.63, 3.8) is 0 Å². The fourth-order valence-corrected chi connectivity index (χ4v) is 4.37. The van der Waals surface area contributed by atoms with Gasteiger partial charge >= 0.3 is 0 Å². The van der Waals surface area contributed by atoms with Gasteiger partial charge in [0, 0.05) is 62.4 Å². The van der Waals surface area contributed by atoms with Gasteiger partial charge in [0.1, 0.15) is 6.07 Å². The molecule has 0 unspecified atom stereocenters. The van der Waals surface area contributed by atoms with Crippen LogP contribution in [0, 0.1) is 18.3 Å². The molecule has 0 spiro atoms. The molecule has 2 aromatic rings. The van der Waals surface area contributed by atoms with E-state index in [1.54, 1.807) is 12.4 Å². The van der Waals surface area contributed by atoms with Crippen LogP contribution in [0.4, 0.5) is 5.82 Å². The maximum Gasteiger partial charge on any atom is 0.183 e. The first-order chi connectivity index (χ1) is 13.7. The Hall–Kier alpha value is -1.98. The summed E-state index contributed by atoms with van der Waals surface area (Å²) in [5.41, 5.74) is 2.96. The highest BCUT2D eigenvalue weighted by atomic mass is 35.5. The van der Waals surface area contributed by atoms with Crippen LogP contribution in [0.15, 0.2) is 30.7 Å². The first-order valence-electron chi connectivity index (χ1n) is 10.0. The van der Waals surface area contributed by atoms with Gasteiger partial charge in [-0.2, -0.15) is 5.26 Å². The number of nitriles is 1. The lowest BCUT2D eigenvalue weighted by Gasteiger charge is -2.44. The molecule has 162 valence electrons. The predicted octanol–water partition coefficient (Wildman–Crippen LogP) is 2.34. The molecule has 2 aliphatic rings. The number of nitrogens with one attached hydrogen (secondary N) is 1. The van der Waals surface area contributed by atoms with Crippen molar-refractivity contribution in [1.29, 1.82) is 5.26 Å². The number of nitrogens with zero attached hydrogens (tertiary/aromatic N) is 6. The lowest BCUT2D eigenvalue weighted by Crippen LogP contribution is -2.54. The Labute approximate surface area is 190 Å². The number of hydrogen-bond acceptors (Lipinski definition) is 7. The van der Waals surface area contributed by atoms with Crippen LogP contribution in [0.2, 0.25) is 0 Å². The van der Waals surface area contributed by atoms with Crippen LogP contribution in [0.1, 0.15) is 29.8 Å². The number of aromatic nitrogens is 3. The van der Waals surface area contributed by atoms with Gasteiger partial charge in [-0.3, -0.25) is 9.88 Å². The van der Waals surface area contributed by atoms with E-state index in [0.717, 1.165) is 58.7 Å². The zero-order valence-corrected chi connectivity index (χ0v) is 18.9. The van der Waals surface area contributed by atoms with Crippen LogP contribution >= 0.6 is 24.8 Å². The van der Waals surface area contributed by atoms with Crippen molar-refractivity contribution in [3.8, 4) is 6.07 Å². The second kappa shape index (κ2) is 10.9. The molecule has 4 rings (SSSR count). The van der Waals surface area contributed by atoms with E-state index in [2.05, 4.69) is 50.2 Å². The molecule has 0 aliphatic carbocycles. The van der Waals surface area contributed by atoms with Crippen molar-refractivity contribution < 1.29 is 0 Å². The van der Waals surface area contributed by atoms with Gasteiger partial charge in [0.05, 0.1) is 0 Å². The Morgan fingerprint density at radius 1 is 1.03 bits per heavy atom. The van der Waals surface area contributed by atoms with Gasteiger partial charge in [-0.05, 0) is 44.5 Å². The second-order valence-corrected chi connectivity index (χ2v) is 7.85. The molecule has 1 N–H and O–H groups in total. The molecule has 2 aliphatic heterocycles. The van der Waals surface area contributed by atoms with E-state index in [9.17, 15) is 5.26 Å². The molecule has 0 aromatic carbocycles. The van der Waals surface area contributed by atoms with Gasteiger partial charge in [-0.25, -0.2) is 9.97 Å². The minimum Gasteiger partial charge on any atom is -0.352 e. The number of piperazine rings is 1. The maximum absolute atomic E-state index is 9.29. The molecule has 30 heavy (non-hydrogen) atoms. The highest BCUT2D eigenvalue weighted by Gasteiger charge is 2.37. The monoisotopic (exact) mass is 449 g/mol. The fraction of sp³-hybridized carbons (Fsp3) is 0.524. The molecule has 9 heteroatoms. The Kier molecular flexibility index (Phi) is 8.80. The van der Waals surface area contributed by atoms with Crippen LogP contribution in [0.3, 0.4) is 0 Å². The van der Waals surface area contributed by atoms with E-state index in [0.29, 0.717) is 11.5 Å². The first-order valence-corrected chi connectivity index (χ1v) is 10.0. The standard InChI is InChI=1S/C21H27N7.2ClH/c1-17-2-3-19(26-15-17)21(4-6-23-7-5-21)16-27-10-12-28(13-11-27)20-18(14-22)24-8-9-25-20;;/h2-3,8-9,15,23H,4-7,10-13,16H2,1H3;2*1H. The number of halogens is 2. The van der Waals surface area contributed by atoms with Gasteiger partial charge in [-0.1, -0.05) is 6.07 Å². The van der Waals surface area contributed by atoms with Crippen LogP contribution in [-0.4, -0.2) is 65.7 Å². The van der Waals surface area contributed by atoms with E-state index >= 15 is 0 Å². The van der Waals surface area contributed by atoms with Crippen LogP contribution in [-0.2, 0) is 5.41 Å². The Balaban J connectivity index is 0.00000160. The van der Waals surface area contributed by atoms with Crippen molar-refractivity contribution in [2.75, 3.05) is 50.7 Å². The number of rotatable bonds is 4. The highest BCUT2D eigenvalue weighted by Crippen LogP contribution is 2.34. The van der Waals surface area contributed by atoms with Gasteiger partial charge < -0.3 is 10.2 Å². The summed E-state index contributed by atoms with van der Waals surface area (Å²) < 4.78 is 0. The van der Waals surface area contributed by atoms with Gasteiger partial charge in [0.25, 0.3) is 0 Å². The maximum atomic E-state index is 9.29. The topological polar surface area (TPSA) is 81.0 Å². The summed E-state index contributed by atoms with van der Waals surface area (Å²) in [5, 5.41) is 12.8. The smallest absolute Gasteiger partial charge is 0.183 e. The third-order valence-electron chi connectivity index (χ3n) is 6.00. The van der Waals surface area contributed by atoms with Crippen molar-refractivity contribution in [2.45, 2.75) is 25.2 Å². The van der Waals surface area contributed by atoms with E-state index < -0.39 is 0 Å². The van der Waals surface area contributed by atoms with Crippen LogP contribution in [0.5, 0.6) is 0 Å². The Morgan fingerprint density at radius 2 is 1.73 bits per heavy atom. The van der Waals surface area contributed by atoms with Gasteiger partial charge in [-0.15, -0.1) is 24.8 Å². The molecule has 2 saturated heterocycles. The quantitative estimate of drug-likeness (QED) is 0.766. The van der Waals surface area contributed by atoms with Crippen molar-refractivity contribution in [2.24, 2.45) is 0 Å². The fourth-order valence-electron chi connectivity index (χ4n) is 4.37. The third kappa shape index (κ3) is 5.19. The third-order valence-corrected chi connectivity index (χ3v) is 6.00. The van der Waals surface area contributed by atoms with E-state index in [1.807, 2.05) is 6.20 Å².